The third-order valence-electron chi connectivity index (χ3n) is 9.37. The number of aliphatic hydroxyl groups excluding tert-OH is 1. The molecule has 4 nitrogen and oxygen atoms in total. The normalized spacial score (nSPS) is 39.2. The molecule has 32 heavy (non-hydrogen) atoms. The Morgan fingerprint density at radius 3 is 2.28 bits per heavy atom. The fraction of sp³-hybridized carbons (Fsp3) is 0.667. The highest BCUT2D eigenvalue weighted by atomic mass is 32.2. The second kappa shape index (κ2) is 7.89. The van der Waals surface area contributed by atoms with E-state index < -0.39 is 10.1 Å². The number of hydrogen-bond donors (Lipinski definition) is 1. The molecule has 0 amide bonds. The molecular formula is C27H38O4S. The molecule has 1 aromatic carbocycles. The summed E-state index contributed by atoms with van der Waals surface area (Å²) in [4.78, 5) is -0.178. The summed E-state index contributed by atoms with van der Waals surface area (Å²) in [6, 6.07) is 5.78. The molecule has 0 unspecified atom stereocenters. The van der Waals surface area contributed by atoms with Crippen LogP contribution in [-0.2, 0) is 10.1 Å². The highest BCUT2D eigenvalue weighted by Crippen LogP contribution is 2.71. The van der Waals surface area contributed by atoms with Crippen LogP contribution in [0, 0.1) is 46.8 Å². The SMILES string of the molecule is CC1(C)CCC[C@]2(C)[C@H]3CC[C@@]4(CO)C=C[C@@]3([CH+]4)CC[C@@H]12.Cc1ccc(S(=O)(=O)[O-])cc1. The van der Waals surface area contributed by atoms with Crippen molar-refractivity contribution >= 4 is 10.1 Å². The van der Waals surface area contributed by atoms with Gasteiger partial charge in [0.1, 0.15) is 20.9 Å². The molecule has 0 saturated heterocycles. The first-order valence-electron chi connectivity index (χ1n) is 12.1. The van der Waals surface area contributed by atoms with E-state index >= 15 is 0 Å². The molecule has 3 fully saturated rings. The van der Waals surface area contributed by atoms with Crippen molar-refractivity contribution < 1.29 is 18.1 Å². The summed E-state index contributed by atoms with van der Waals surface area (Å²) in [5.41, 5.74) is 2.27. The monoisotopic (exact) mass is 458 g/mol. The summed E-state index contributed by atoms with van der Waals surface area (Å²) >= 11 is 0. The molecule has 1 aromatic rings. The second-order valence-corrected chi connectivity index (χ2v) is 13.2. The fourth-order valence-electron chi connectivity index (χ4n) is 7.86. The smallest absolute Gasteiger partial charge is 0.150 e. The van der Waals surface area contributed by atoms with Gasteiger partial charge in [-0.1, -0.05) is 44.9 Å². The molecule has 0 aliphatic heterocycles. The van der Waals surface area contributed by atoms with E-state index in [1.165, 1.54) is 50.7 Å². The Morgan fingerprint density at radius 1 is 1.00 bits per heavy atom. The van der Waals surface area contributed by atoms with Gasteiger partial charge in [0.2, 0.25) is 0 Å². The quantitative estimate of drug-likeness (QED) is 0.352. The number of benzene rings is 1. The number of hydrogen-bond acceptors (Lipinski definition) is 4. The fourth-order valence-corrected chi connectivity index (χ4v) is 8.33. The summed E-state index contributed by atoms with van der Waals surface area (Å²) in [5.74, 6) is 1.69. The molecule has 176 valence electrons. The minimum atomic E-state index is -4.27. The highest BCUT2D eigenvalue weighted by Gasteiger charge is 2.68. The van der Waals surface area contributed by atoms with Gasteiger partial charge in [-0.2, -0.15) is 0 Å². The molecular weight excluding hydrogens is 420 g/mol. The van der Waals surface area contributed by atoms with Gasteiger partial charge < -0.3 is 9.66 Å². The Hall–Kier alpha value is -1.30. The van der Waals surface area contributed by atoms with E-state index in [1.807, 2.05) is 6.92 Å². The van der Waals surface area contributed by atoms with Crippen LogP contribution in [0.15, 0.2) is 41.3 Å². The van der Waals surface area contributed by atoms with E-state index in [2.05, 4.69) is 39.3 Å². The van der Waals surface area contributed by atoms with Crippen molar-refractivity contribution in [2.75, 3.05) is 6.61 Å². The number of fused-ring (bicyclic) bond motifs is 3. The Balaban J connectivity index is 0.000000189. The maximum Gasteiger partial charge on any atom is 0.150 e. The van der Waals surface area contributed by atoms with Crippen LogP contribution in [-0.4, -0.2) is 24.7 Å². The van der Waals surface area contributed by atoms with Gasteiger partial charge in [-0.3, -0.25) is 0 Å². The molecule has 0 heterocycles. The van der Waals surface area contributed by atoms with E-state index in [1.54, 1.807) is 12.1 Å². The maximum atomic E-state index is 10.4. The van der Waals surface area contributed by atoms with Gasteiger partial charge in [-0.05, 0) is 86.5 Å². The zero-order valence-electron chi connectivity index (χ0n) is 19.9. The summed E-state index contributed by atoms with van der Waals surface area (Å²) in [6.45, 7) is 9.77. The molecule has 1 spiro atoms. The number of aliphatic hydroxyl groups is 1. The Bertz CT molecular complexity index is 979. The van der Waals surface area contributed by atoms with Crippen LogP contribution >= 0.6 is 0 Å². The number of aryl methyl sites for hydroxylation is 1. The summed E-state index contributed by atoms with van der Waals surface area (Å²) in [6.07, 6.45) is 16.8. The Labute approximate surface area is 194 Å². The van der Waals surface area contributed by atoms with Crippen LogP contribution in [0.1, 0.15) is 71.3 Å². The van der Waals surface area contributed by atoms with Crippen LogP contribution in [0.5, 0.6) is 0 Å². The third kappa shape index (κ3) is 3.95. The van der Waals surface area contributed by atoms with E-state index in [4.69, 9.17) is 0 Å². The van der Waals surface area contributed by atoms with Crippen LogP contribution in [0.3, 0.4) is 0 Å². The van der Waals surface area contributed by atoms with Crippen LogP contribution in [0.4, 0.5) is 0 Å². The van der Waals surface area contributed by atoms with Gasteiger partial charge in [0, 0.05) is 5.92 Å². The van der Waals surface area contributed by atoms with Crippen molar-refractivity contribution in [2.45, 2.75) is 77.5 Å². The van der Waals surface area contributed by atoms with Crippen molar-refractivity contribution in [3.63, 3.8) is 0 Å². The van der Waals surface area contributed by atoms with Crippen LogP contribution < -0.4 is 0 Å². The minimum Gasteiger partial charge on any atom is -0.744 e. The predicted molar refractivity (Wildman–Crippen MR) is 126 cm³/mol. The van der Waals surface area contributed by atoms with Gasteiger partial charge in [0.25, 0.3) is 0 Å². The van der Waals surface area contributed by atoms with Gasteiger partial charge >= 0.3 is 0 Å². The van der Waals surface area contributed by atoms with Crippen molar-refractivity contribution in [1.82, 2.24) is 0 Å². The van der Waals surface area contributed by atoms with Crippen molar-refractivity contribution in [1.29, 1.82) is 0 Å². The molecule has 5 rings (SSSR count). The lowest BCUT2D eigenvalue weighted by Crippen LogP contribution is -2.57. The lowest BCUT2D eigenvalue weighted by Gasteiger charge is -2.61. The van der Waals surface area contributed by atoms with Gasteiger partial charge in [-0.15, -0.1) is 0 Å². The summed E-state index contributed by atoms with van der Waals surface area (Å²) in [5, 5.41) is 9.85. The first kappa shape index (κ1) is 23.8. The molecule has 0 aromatic heterocycles. The largest absolute Gasteiger partial charge is 0.744 e. The number of rotatable bonds is 2. The predicted octanol–water partition coefficient (Wildman–Crippen LogP) is 5.66. The van der Waals surface area contributed by atoms with Crippen LogP contribution in [0.2, 0.25) is 0 Å². The topological polar surface area (TPSA) is 77.4 Å². The molecule has 1 N–H and O–H groups in total. The molecule has 5 heteroatoms. The average Bonchev–Trinajstić information content (AvgIpc) is 2.98. The average molecular weight is 459 g/mol. The van der Waals surface area contributed by atoms with Crippen molar-refractivity contribution in [3.05, 3.63) is 48.4 Å². The minimum absolute atomic E-state index is 0.0177. The first-order chi connectivity index (χ1) is 14.9. The molecule has 5 atom stereocenters. The van der Waals surface area contributed by atoms with Gasteiger partial charge in [0.05, 0.1) is 17.9 Å². The van der Waals surface area contributed by atoms with E-state index in [0.29, 0.717) is 22.9 Å². The standard InChI is InChI=1S/C20H31O.C7H8O3S/c1-17(2)7-4-8-18(3)15(17)6-10-20-12-11-19(13-20,14-21)9-5-16(18)20;1-6-2-4-7(5-3-6)11(8,9)10/h11-13,15-16,21H,4-10,14H2,1-3H3;2-5H,1H3,(H,8,9,10)/q+1;/p-1/t15-,16+,18-,19+,20+;/m0./s1. The second-order valence-electron chi connectivity index (χ2n) is 11.8. The lowest BCUT2D eigenvalue weighted by atomic mass is 9.40. The van der Waals surface area contributed by atoms with E-state index in [-0.39, 0.29) is 10.3 Å². The molecule has 4 aliphatic carbocycles. The Morgan fingerprint density at radius 2 is 1.66 bits per heavy atom. The molecule has 0 radical (unpaired) electrons. The molecule has 4 aliphatic rings. The lowest BCUT2D eigenvalue weighted by molar-refractivity contribution is -0.126. The van der Waals surface area contributed by atoms with Gasteiger partial charge in [0.15, 0.2) is 0 Å². The molecule has 2 bridgehead atoms. The van der Waals surface area contributed by atoms with Crippen LogP contribution in [0.25, 0.3) is 0 Å². The summed E-state index contributed by atoms with van der Waals surface area (Å²) < 4.78 is 31.2. The number of allylic oxidation sites excluding steroid dienone is 1. The molecule has 3 saturated carbocycles. The highest BCUT2D eigenvalue weighted by molar-refractivity contribution is 7.85. The van der Waals surface area contributed by atoms with Gasteiger partial charge in [-0.25, -0.2) is 8.42 Å². The first-order valence-corrected chi connectivity index (χ1v) is 13.5. The van der Waals surface area contributed by atoms with E-state index in [9.17, 15) is 18.1 Å². The van der Waals surface area contributed by atoms with E-state index in [0.717, 1.165) is 23.8 Å². The van der Waals surface area contributed by atoms with Crippen molar-refractivity contribution in [3.8, 4) is 0 Å². The van der Waals surface area contributed by atoms with Crippen molar-refractivity contribution in [2.24, 2.45) is 33.5 Å². The maximum absolute atomic E-state index is 10.4. The zero-order valence-corrected chi connectivity index (χ0v) is 20.7. The Kier molecular flexibility index (Phi) is 5.88. The zero-order chi connectivity index (χ0) is 23.4. The third-order valence-corrected chi connectivity index (χ3v) is 10.2. The summed E-state index contributed by atoms with van der Waals surface area (Å²) in [7, 11) is -4.27.